The van der Waals surface area contributed by atoms with Crippen LogP contribution in [0.25, 0.3) is 0 Å². The van der Waals surface area contributed by atoms with E-state index < -0.39 is 0 Å². The van der Waals surface area contributed by atoms with Gasteiger partial charge in [0.05, 0.1) is 0 Å². The topological polar surface area (TPSA) is 17.1 Å². The van der Waals surface area contributed by atoms with Gasteiger partial charge < -0.3 is 0 Å². The molecule has 0 aliphatic heterocycles. The minimum absolute atomic E-state index is 0.475. The lowest BCUT2D eigenvalue weighted by atomic mass is 10.0. The number of hydrogen-bond donors (Lipinski definition) is 0. The molecule has 19 heavy (non-hydrogen) atoms. The highest BCUT2D eigenvalue weighted by molar-refractivity contribution is 5.78. The van der Waals surface area contributed by atoms with Gasteiger partial charge in [0.25, 0.3) is 0 Å². The molecule has 0 fully saturated rings. The van der Waals surface area contributed by atoms with Gasteiger partial charge in [0.1, 0.15) is 5.78 Å². The molecule has 0 aliphatic rings. The van der Waals surface area contributed by atoms with Crippen LogP contribution in [0.15, 0.2) is 24.8 Å². The zero-order chi connectivity index (χ0) is 14.2. The highest BCUT2D eigenvalue weighted by Crippen LogP contribution is 2.10. The van der Waals surface area contributed by atoms with Gasteiger partial charge in [-0.2, -0.15) is 0 Å². The van der Waals surface area contributed by atoms with Gasteiger partial charge in [-0.25, -0.2) is 0 Å². The molecule has 1 nitrogen and oxygen atoms in total. The SMILES string of the molecule is C=C/C=C\CCCCCCCCC(=O)CCCCC. The van der Waals surface area contributed by atoms with Crippen molar-refractivity contribution in [1.29, 1.82) is 0 Å². The zero-order valence-electron chi connectivity index (χ0n) is 12.8. The predicted molar refractivity (Wildman–Crippen MR) is 85.4 cm³/mol. The van der Waals surface area contributed by atoms with Crippen LogP contribution in [-0.4, -0.2) is 5.78 Å². The van der Waals surface area contributed by atoms with Crippen LogP contribution in [0.2, 0.25) is 0 Å². The Balaban J connectivity index is 3.15. The number of Topliss-reactive ketones (excluding diaryl/α,β-unsaturated/α-hetero) is 1. The highest BCUT2D eigenvalue weighted by atomic mass is 16.1. The average Bonchev–Trinajstić information content (AvgIpc) is 2.41. The Labute approximate surface area is 120 Å². The van der Waals surface area contributed by atoms with E-state index in [-0.39, 0.29) is 0 Å². The molecule has 0 atom stereocenters. The van der Waals surface area contributed by atoms with Crippen molar-refractivity contribution in [2.45, 2.75) is 84.0 Å². The summed E-state index contributed by atoms with van der Waals surface area (Å²) >= 11 is 0. The quantitative estimate of drug-likeness (QED) is 0.278. The normalized spacial score (nSPS) is 11.0. The van der Waals surface area contributed by atoms with Gasteiger partial charge in [-0.15, -0.1) is 0 Å². The van der Waals surface area contributed by atoms with Crippen molar-refractivity contribution < 1.29 is 4.79 Å². The first-order valence-electron chi connectivity index (χ1n) is 8.10. The predicted octanol–water partition coefficient (Wildman–Crippen LogP) is 6.00. The summed E-state index contributed by atoms with van der Waals surface area (Å²) < 4.78 is 0. The Morgan fingerprint density at radius 1 is 0.895 bits per heavy atom. The molecule has 0 saturated carbocycles. The Morgan fingerprint density at radius 3 is 2.11 bits per heavy atom. The van der Waals surface area contributed by atoms with Crippen LogP contribution >= 0.6 is 0 Å². The van der Waals surface area contributed by atoms with Crippen LogP contribution in [0.5, 0.6) is 0 Å². The zero-order valence-corrected chi connectivity index (χ0v) is 12.8. The molecule has 0 bridgehead atoms. The molecule has 0 spiro atoms. The van der Waals surface area contributed by atoms with Crippen molar-refractivity contribution in [2.75, 3.05) is 0 Å². The number of carbonyl (C=O) groups excluding carboxylic acids is 1. The summed E-state index contributed by atoms with van der Waals surface area (Å²) in [4.78, 5) is 11.5. The molecule has 1 heteroatoms. The van der Waals surface area contributed by atoms with Crippen molar-refractivity contribution >= 4 is 5.78 Å². The van der Waals surface area contributed by atoms with Crippen molar-refractivity contribution in [3.05, 3.63) is 24.8 Å². The summed E-state index contributed by atoms with van der Waals surface area (Å²) in [6.45, 7) is 5.83. The fourth-order valence-electron chi connectivity index (χ4n) is 2.18. The Bertz CT molecular complexity index is 240. The van der Waals surface area contributed by atoms with Crippen molar-refractivity contribution in [3.63, 3.8) is 0 Å². The number of allylic oxidation sites excluding steroid dienone is 3. The maximum Gasteiger partial charge on any atom is 0.132 e. The minimum Gasteiger partial charge on any atom is -0.300 e. The third kappa shape index (κ3) is 15.1. The molecule has 0 N–H and O–H groups in total. The van der Waals surface area contributed by atoms with Crippen LogP contribution < -0.4 is 0 Å². The minimum atomic E-state index is 0.475. The van der Waals surface area contributed by atoms with Gasteiger partial charge >= 0.3 is 0 Å². The second-order valence-corrected chi connectivity index (χ2v) is 5.32. The fourth-order valence-corrected chi connectivity index (χ4v) is 2.18. The maximum atomic E-state index is 11.5. The summed E-state index contributed by atoms with van der Waals surface area (Å²) in [7, 11) is 0. The third-order valence-electron chi connectivity index (χ3n) is 3.41. The van der Waals surface area contributed by atoms with E-state index in [1.807, 2.05) is 12.2 Å². The fraction of sp³-hybridized carbons (Fsp3) is 0.722. The molecular formula is C18H32O. The number of hydrogen-bond acceptors (Lipinski definition) is 1. The van der Waals surface area contributed by atoms with Crippen molar-refractivity contribution in [3.8, 4) is 0 Å². The van der Waals surface area contributed by atoms with Crippen LogP contribution in [0.1, 0.15) is 84.0 Å². The van der Waals surface area contributed by atoms with Gasteiger partial charge in [0, 0.05) is 12.8 Å². The van der Waals surface area contributed by atoms with E-state index in [2.05, 4.69) is 19.6 Å². The first-order chi connectivity index (χ1) is 9.31. The molecule has 0 heterocycles. The van der Waals surface area contributed by atoms with Gasteiger partial charge in [-0.3, -0.25) is 4.79 Å². The van der Waals surface area contributed by atoms with Crippen LogP contribution in [0, 0.1) is 0 Å². The largest absolute Gasteiger partial charge is 0.300 e. The summed E-state index contributed by atoms with van der Waals surface area (Å²) in [6, 6.07) is 0. The molecule has 0 rings (SSSR count). The van der Waals surface area contributed by atoms with Gasteiger partial charge in [0.15, 0.2) is 0 Å². The molecule has 0 saturated heterocycles. The average molecular weight is 264 g/mol. The summed E-state index contributed by atoms with van der Waals surface area (Å²) in [5, 5.41) is 0. The second-order valence-electron chi connectivity index (χ2n) is 5.32. The molecule has 0 aliphatic carbocycles. The monoisotopic (exact) mass is 264 g/mol. The first kappa shape index (κ1) is 18.1. The standard InChI is InChI=1S/C18H32O/c1-3-5-7-8-9-10-11-12-13-15-17-18(19)16-14-6-4-2/h3,5,7H,1,4,6,8-17H2,2H3/b7-5-. The summed E-state index contributed by atoms with van der Waals surface area (Å²) in [5.41, 5.74) is 0. The van der Waals surface area contributed by atoms with E-state index in [1.165, 1.54) is 51.4 Å². The van der Waals surface area contributed by atoms with Crippen LogP contribution in [0.3, 0.4) is 0 Å². The van der Waals surface area contributed by atoms with Gasteiger partial charge in [0.2, 0.25) is 0 Å². The van der Waals surface area contributed by atoms with Crippen LogP contribution in [0.4, 0.5) is 0 Å². The van der Waals surface area contributed by atoms with Gasteiger partial charge in [-0.05, 0) is 25.7 Å². The van der Waals surface area contributed by atoms with Crippen LogP contribution in [-0.2, 0) is 4.79 Å². The third-order valence-corrected chi connectivity index (χ3v) is 3.41. The van der Waals surface area contributed by atoms with Gasteiger partial charge in [-0.1, -0.05) is 70.3 Å². The first-order valence-corrected chi connectivity index (χ1v) is 8.10. The lowest BCUT2D eigenvalue weighted by Gasteiger charge is -2.01. The maximum absolute atomic E-state index is 11.5. The number of carbonyl (C=O) groups is 1. The van der Waals surface area contributed by atoms with E-state index in [0.717, 1.165) is 25.7 Å². The lowest BCUT2D eigenvalue weighted by Crippen LogP contribution is -1.97. The number of unbranched alkanes of at least 4 members (excludes halogenated alkanes) is 8. The summed E-state index contributed by atoms with van der Waals surface area (Å²) in [5.74, 6) is 0.475. The highest BCUT2D eigenvalue weighted by Gasteiger charge is 2.01. The Kier molecular flexibility index (Phi) is 14.5. The Hall–Kier alpha value is -0.850. The lowest BCUT2D eigenvalue weighted by molar-refractivity contribution is -0.119. The smallest absolute Gasteiger partial charge is 0.132 e. The Morgan fingerprint density at radius 2 is 1.47 bits per heavy atom. The summed E-state index contributed by atoms with van der Waals surface area (Å²) in [6.07, 6.45) is 19.8. The molecular weight excluding hydrogens is 232 g/mol. The van der Waals surface area contributed by atoms with E-state index in [1.54, 1.807) is 0 Å². The molecule has 0 amide bonds. The number of rotatable bonds is 14. The van der Waals surface area contributed by atoms with E-state index >= 15 is 0 Å². The molecule has 0 aromatic carbocycles. The van der Waals surface area contributed by atoms with E-state index in [4.69, 9.17) is 0 Å². The molecule has 0 aromatic heterocycles. The molecule has 0 radical (unpaired) electrons. The van der Waals surface area contributed by atoms with Crippen molar-refractivity contribution in [2.24, 2.45) is 0 Å². The van der Waals surface area contributed by atoms with Crippen molar-refractivity contribution in [1.82, 2.24) is 0 Å². The molecule has 110 valence electrons. The molecule has 0 aromatic rings. The second kappa shape index (κ2) is 15.2. The van der Waals surface area contributed by atoms with E-state index in [0.29, 0.717) is 5.78 Å². The molecule has 0 unspecified atom stereocenters. The van der Waals surface area contributed by atoms with E-state index in [9.17, 15) is 4.79 Å². The number of ketones is 1.